The molecule has 0 fully saturated rings. The van der Waals surface area contributed by atoms with Crippen LogP contribution in [0.25, 0.3) is 0 Å². The number of thiazole rings is 1. The molecule has 112 valence electrons. The van der Waals surface area contributed by atoms with E-state index in [-0.39, 0.29) is 5.41 Å². The monoisotopic (exact) mass is 300 g/mol. The zero-order valence-corrected chi connectivity index (χ0v) is 13.9. The summed E-state index contributed by atoms with van der Waals surface area (Å²) in [7, 11) is 0. The van der Waals surface area contributed by atoms with Crippen LogP contribution in [-0.2, 0) is 5.41 Å². The van der Waals surface area contributed by atoms with E-state index in [4.69, 9.17) is 0 Å². The van der Waals surface area contributed by atoms with Crippen LogP contribution in [0.4, 0.5) is 0 Å². The minimum Gasteiger partial charge on any atom is -0.301 e. The number of benzene rings is 1. The minimum absolute atomic E-state index is 0.289. The van der Waals surface area contributed by atoms with Crippen LogP contribution in [0.1, 0.15) is 68.3 Å². The number of fused-ring (bicyclic) bond motifs is 1. The second-order valence-electron chi connectivity index (χ2n) is 6.56. The third kappa shape index (κ3) is 2.90. The highest BCUT2D eigenvalue weighted by molar-refractivity contribution is 7.09. The van der Waals surface area contributed by atoms with E-state index in [0.717, 1.165) is 6.42 Å². The van der Waals surface area contributed by atoms with Crippen molar-refractivity contribution < 1.29 is 0 Å². The largest absolute Gasteiger partial charge is 0.301 e. The highest BCUT2D eigenvalue weighted by atomic mass is 32.1. The van der Waals surface area contributed by atoms with Gasteiger partial charge in [0.2, 0.25) is 0 Å². The molecule has 1 heterocycles. The maximum atomic E-state index is 4.49. The van der Waals surface area contributed by atoms with Crippen molar-refractivity contribution in [3.63, 3.8) is 0 Å². The summed E-state index contributed by atoms with van der Waals surface area (Å²) >= 11 is 1.75. The molecule has 1 aliphatic carbocycles. The molecule has 0 spiro atoms. The molecule has 2 atom stereocenters. The summed E-state index contributed by atoms with van der Waals surface area (Å²) in [5, 5.41) is 7.13. The van der Waals surface area contributed by atoms with Crippen molar-refractivity contribution in [3.8, 4) is 0 Å². The molecule has 1 aromatic heterocycles. The maximum absolute atomic E-state index is 4.49. The Bertz CT molecular complexity index is 589. The lowest BCUT2D eigenvalue weighted by Gasteiger charge is -2.38. The average molecular weight is 300 g/mol. The topological polar surface area (TPSA) is 24.9 Å². The van der Waals surface area contributed by atoms with Gasteiger partial charge >= 0.3 is 0 Å². The van der Waals surface area contributed by atoms with Gasteiger partial charge in [-0.2, -0.15) is 0 Å². The first-order chi connectivity index (χ1) is 10.1. The number of nitrogens with zero attached hydrogens (tertiary/aromatic N) is 1. The van der Waals surface area contributed by atoms with Gasteiger partial charge in [-0.25, -0.2) is 4.98 Å². The number of hydrogen-bond acceptors (Lipinski definition) is 3. The summed E-state index contributed by atoms with van der Waals surface area (Å²) in [6.45, 7) is 6.96. The van der Waals surface area contributed by atoms with Gasteiger partial charge in [0.15, 0.2) is 0 Å². The summed E-state index contributed by atoms with van der Waals surface area (Å²) in [5.74, 6) is 0. The highest BCUT2D eigenvalue weighted by Crippen LogP contribution is 2.42. The third-order valence-electron chi connectivity index (χ3n) is 4.68. The lowest BCUT2D eigenvalue weighted by atomic mass is 9.71. The predicted octanol–water partition coefficient (Wildman–Crippen LogP) is 5.00. The predicted molar refractivity (Wildman–Crippen MR) is 89.7 cm³/mol. The lowest BCUT2D eigenvalue weighted by Crippen LogP contribution is -2.34. The maximum Gasteiger partial charge on any atom is 0.109 e. The Morgan fingerprint density at radius 1 is 1.38 bits per heavy atom. The zero-order chi connectivity index (χ0) is 14.9. The van der Waals surface area contributed by atoms with E-state index >= 15 is 0 Å². The molecule has 0 aliphatic heterocycles. The van der Waals surface area contributed by atoms with E-state index in [1.165, 1.54) is 29.0 Å². The van der Waals surface area contributed by atoms with Crippen LogP contribution in [0.5, 0.6) is 0 Å². The van der Waals surface area contributed by atoms with E-state index < -0.39 is 0 Å². The Labute approximate surface area is 131 Å². The van der Waals surface area contributed by atoms with Crippen molar-refractivity contribution in [2.75, 3.05) is 0 Å². The van der Waals surface area contributed by atoms with Gasteiger partial charge in [0.25, 0.3) is 0 Å². The van der Waals surface area contributed by atoms with E-state index in [1.807, 2.05) is 6.20 Å². The van der Waals surface area contributed by atoms with Gasteiger partial charge < -0.3 is 5.32 Å². The molecule has 0 saturated carbocycles. The number of hydrogen-bond donors (Lipinski definition) is 1. The Balaban J connectivity index is 1.87. The third-order valence-corrected chi connectivity index (χ3v) is 5.57. The molecular formula is C18H24N2S. The first kappa shape index (κ1) is 14.7. The summed E-state index contributed by atoms with van der Waals surface area (Å²) < 4.78 is 0. The first-order valence-corrected chi connectivity index (χ1v) is 8.74. The second kappa shape index (κ2) is 5.90. The molecule has 1 N–H and O–H groups in total. The van der Waals surface area contributed by atoms with Crippen molar-refractivity contribution in [2.45, 2.75) is 57.5 Å². The van der Waals surface area contributed by atoms with Gasteiger partial charge in [-0.15, -0.1) is 11.3 Å². The van der Waals surface area contributed by atoms with Gasteiger partial charge in [0.1, 0.15) is 5.01 Å². The summed E-state index contributed by atoms with van der Waals surface area (Å²) in [6.07, 6.45) is 5.42. The zero-order valence-electron chi connectivity index (χ0n) is 13.1. The minimum atomic E-state index is 0.289. The van der Waals surface area contributed by atoms with Crippen LogP contribution in [0, 0.1) is 0 Å². The second-order valence-corrected chi connectivity index (χ2v) is 7.49. The fourth-order valence-corrected chi connectivity index (χ4v) is 4.18. The van der Waals surface area contributed by atoms with Gasteiger partial charge in [0, 0.05) is 17.6 Å². The average Bonchev–Trinajstić information content (AvgIpc) is 3.01. The van der Waals surface area contributed by atoms with E-state index in [9.17, 15) is 0 Å². The smallest absolute Gasteiger partial charge is 0.109 e. The molecule has 0 radical (unpaired) electrons. The number of nitrogens with one attached hydrogen (secondary N) is 1. The SMILES string of the molecule is CCC(NC1CCC(C)(C)c2ccccc21)c1nccs1. The van der Waals surface area contributed by atoms with Gasteiger partial charge in [-0.05, 0) is 35.8 Å². The van der Waals surface area contributed by atoms with Crippen LogP contribution >= 0.6 is 11.3 Å². The van der Waals surface area contributed by atoms with E-state index in [2.05, 4.69) is 60.7 Å². The normalized spacial score (nSPS) is 21.8. The Morgan fingerprint density at radius 2 is 2.19 bits per heavy atom. The molecule has 0 amide bonds. The van der Waals surface area contributed by atoms with Crippen LogP contribution in [0.15, 0.2) is 35.8 Å². The molecule has 0 bridgehead atoms. The molecule has 2 nitrogen and oxygen atoms in total. The quantitative estimate of drug-likeness (QED) is 0.859. The Hall–Kier alpha value is -1.19. The highest BCUT2D eigenvalue weighted by Gasteiger charge is 2.33. The van der Waals surface area contributed by atoms with E-state index in [1.54, 1.807) is 11.3 Å². The molecular weight excluding hydrogens is 276 g/mol. The van der Waals surface area contributed by atoms with Gasteiger partial charge in [0.05, 0.1) is 6.04 Å². The Kier molecular flexibility index (Phi) is 4.14. The standard InChI is InChI=1S/C18H24N2S/c1-4-15(17-19-11-12-21-17)20-16-9-10-18(2,3)14-8-6-5-7-13(14)16/h5-8,11-12,15-16,20H,4,9-10H2,1-3H3. The van der Waals surface area contributed by atoms with Crippen molar-refractivity contribution in [3.05, 3.63) is 52.0 Å². The van der Waals surface area contributed by atoms with Crippen molar-refractivity contribution in [2.24, 2.45) is 0 Å². The van der Waals surface area contributed by atoms with Crippen LogP contribution in [-0.4, -0.2) is 4.98 Å². The van der Waals surface area contributed by atoms with Crippen LogP contribution < -0.4 is 5.32 Å². The molecule has 1 aliphatic rings. The summed E-state index contributed by atoms with van der Waals surface area (Å²) in [5.41, 5.74) is 3.27. The van der Waals surface area contributed by atoms with Gasteiger partial charge in [-0.1, -0.05) is 45.0 Å². The number of rotatable bonds is 4. The van der Waals surface area contributed by atoms with Crippen LogP contribution in [0.3, 0.4) is 0 Å². The van der Waals surface area contributed by atoms with Gasteiger partial charge in [-0.3, -0.25) is 0 Å². The first-order valence-electron chi connectivity index (χ1n) is 7.86. The number of aromatic nitrogens is 1. The molecule has 3 rings (SSSR count). The van der Waals surface area contributed by atoms with E-state index in [0.29, 0.717) is 12.1 Å². The molecule has 21 heavy (non-hydrogen) atoms. The molecule has 0 saturated heterocycles. The molecule has 2 unspecified atom stereocenters. The molecule has 2 aromatic rings. The molecule has 3 heteroatoms. The van der Waals surface area contributed by atoms with Crippen molar-refractivity contribution in [1.29, 1.82) is 0 Å². The lowest BCUT2D eigenvalue weighted by molar-refractivity contribution is 0.330. The summed E-state index contributed by atoms with van der Waals surface area (Å²) in [6, 6.07) is 9.74. The fourth-order valence-electron chi connectivity index (χ4n) is 3.40. The van der Waals surface area contributed by atoms with Crippen molar-refractivity contribution >= 4 is 11.3 Å². The Morgan fingerprint density at radius 3 is 2.90 bits per heavy atom. The van der Waals surface area contributed by atoms with Crippen LogP contribution in [0.2, 0.25) is 0 Å². The fraction of sp³-hybridized carbons (Fsp3) is 0.500. The molecule has 1 aromatic carbocycles. The summed E-state index contributed by atoms with van der Waals surface area (Å²) in [4.78, 5) is 4.49. The van der Waals surface area contributed by atoms with Crippen molar-refractivity contribution in [1.82, 2.24) is 10.3 Å².